The van der Waals surface area contributed by atoms with Gasteiger partial charge in [0.05, 0.1) is 11.8 Å². The first-order chi connectivity index (χ1) is 13.4. The zero-order chi connectivity index (χ0) is 20.3. The number of esters is 1. The number of likely N-dealkylation sites (tertiary alicyclic amines) is 1. The van der Waals surface area contributed by atoms with Crippen LogP contribution in [0.4, 0.5) is 0 Å². The van der Waals surface area contributed by atoms with Crippen LogP contribution in [-0.4, -0.2) is 47.1 Å². The topological polar surface area (TPSA) is 110 Å². The Morgan fingerprint density at radius 3 is 2.21 bits per heavy atom. The zero-order valence-corrected chi connectivity index (χ0v) is 15.3. The summed E-state index contributed by atoms with van der Waals surface area (Å²) in [6.45, 7) is 0.697. The molecule has 8 heteroatoms. The van der Waals surface area contributed by atoms with Crippen LogP contribution in [0.25, 0.3) is 0 Å². The molecule has 1 heterocycles. The lowest BCUT2D eigenvalue weighted by Crippen LogP contribution is -2.45. The maximum Gasteiger partial charge on any atom is 0.329 e. The molecule has 1 aliphatic heterocycles. The van der Waals surface area contributed by atoms with Crippen LogP contribution in [0.1, 0.15) is 30.1 Å². The maximum absolute atomic E-state index is 12.5. The van der Waals surface area contributed by atoms with Crippen molar-refractivity contribution >= 4 is 29.6 Å². The van der Waals surface area contributed by atoms with Gasteiger partial charge in [-0.15, -0.1) is 0 Å². The fraction of sp³-hybridized carbons (Fsp3) is 0.350. The molecule has 0 unspecified atom stereocenters. The Labute approximate surface area is 161 Å². The van der Waals surface area contributed by atoms with Gasteiger partial charge in [-0.05, 0) is 31.9 Å². The molecule has 1 aromatic carbocycles. The number of carbonyl (C=O) groups excluding carboxylic acids is 5. The van der Waals surface area contributed by atoms with E-state index < -0.39 is 54.1 Å². The molecule has 3 atom stereocenters. The summed E-state index contributed by atoms with van der Waals surface area (Å²) in [6.07, 6.45) is 4.65. The first-order valence-electron chi connectivity index (χ1n) is 8.98. The summed E-state index contributed by atoms with van der Waals surface area (Å²) in [5, 5.41) is 2.11. The molecule has 0 radical (unpaired) electrons. The molecule has 2 aliphatic rings. The quantitative estimate of drug-likeness (QED) is 0.457. The molecule has 8 nitrogen and oxygen atoms in total. The Hall–Kier alpha value is -3.29. The van der Waals surface area contributed by atoms with Crippen molar-refractivity contribution < 1.29 is 28.7 Å². The second-order valence-electron chi connectivity index (χ2n) is 6.73. The molecule has 1 aromatic rings. The van der Waals surface area contributed by atoms with E-state index >= 15 is 0 Å². The number of carbonyl (C=O) groups is 5. The lowest BCUT2D eigenvalue weighted by molar-refractivity contribution is -0.159. The van der Waals surface area contributed by atoms with Gasteiger partial charge in [-0.25, -0.2) is 4.79 Å². The van der Waals surface area contributed by atoms with E-state index in [0.29, 0.717) is 18.4 Å². The molecule has 28 heavy (non-hydrogen) atoms. The maximum atomic E-state index is 12.5. The lowest BCUT2D eigenvalue weighted by atomic mass is 9.85. The Bertz CT molecular complexity index is 822. The van der Waals surface area contributed by atoms with Crippen LogP contribution in [0.2, 0.25) is 0 Å². The average Bonchev–Trinajstić information content (AvgIpc) is 2.97. The third kappa shape index (κ3) is 3.85. The van der Waals surface area contributed by atoms with Crippen LogP contribution in [0, 0.1) is 11.8 Å². The molecule has 4 amide bonds. The minimum atomic E-state index is -1.14. The van der Waals surface area contributed by atoms with E-state index in [1.807, 2.05) is 12.2 Å². The Balaban J connectivity index is 1.53. The number of hydrogen-bond acceptors (Lipinski definition) is 6. The van der Waals surface area contributed by atoms with E-state index in [1.54, 1.807) is 18.2 Å². The number of fused-ring (bicyclic) bond motifs is 1. The fourth-order valence-electron chi connectivity index (χ4n) is 3.39. The number of nitrogens with one attached hydrogen (secondary N) is 1. The van der Waals surface area contributed by atoms with Crippen LogP contribution < -0.4 is 5.32 Å². The fourth-order valence-corrected chi connectivity index (χ4v) is 3.39. The highest BCUT2D eigenvalue weighted by molar-refractivity contribution is 6.08. The van der Waals surface area contributed by atoms with E-state index in [4.69, 9.17) is 4.74 Å². The van der Waals surface area contributed by atoms with Gasteiger partial charge in [0.1, 0.15) is 6.04 Å². The molecule has 0 saturated carbocycles. The second-order valence-corrected chi connectivity index (χ2v) is 6.73. The van der Waals surface area contributed by atoms with Crippen LogP contribution in [0.5, 0.6) is 0 Å². The SMILES string of the molecule is C[C@@H](C(=O)OCC(=O)NC(=O)c1ccccc1)N1C(=O)[C@H]2CC=CC[C@H]2C1=O. The number of amides is 4. The van der Waals surface area contributed by atoms with Crippen LogP contribution in [-0.2, 0) is 23.9 Å². The first-order valence-corrected chi connectivity index (χ1v) is 8.98. The van der Waals surface area contributed by atoms with Crippen LogP contribution in [0.15, 0.2) is 42.5 Å². The van der Waals surface area contributed by atoms with Crippen LogP contribution in [0.3, 0.4) is 0 Å². The molecular formula is C20H20N2O6. The van der Waals surface area contributed by atoms with Gasteiger partial charge in [-0.2, -0.15) is 0 Å². The first kappa shape index (κ1) is 19.5. The van der Waals surface area contributed by atoms with Gasteiger partial charge in [0, 0.05) is 5.56 Å². The van der Waals surface area contributed by atoms with Crippen molar-refractivity contribution in [2.45, 2.75) is 25.8 Å². The Kier molecular flexibility index (Phi) is 5.67. The molecule has 0 bridgehead atoms. The molecule has 3 rings (SSSR count). The largest absolute Gasteiger partial charge is 0.454 e. The highest BCUT2D eigenvalue weighted by Crippen LogP contribution is 2.36. The zero-order valence-electron chi connectivity index (χ0n) is 15.3. The summed E-state index contributed by atoms with van der Waals surface area (Å²) in [7, 11) is 0. The standard InChI is InChI=1S/C20H20N2O6/c1-12(22-18(25)14-9-5-6-10-15(14)19(22)26)20(27)28-11-16(23)21-17(24)13-7-3-2-4-8-13/h2-8,12,14-15H,9-11H2,1H3,(H,21,23,24)/t12-,14-,15+/m0/s1. The summed E-state index contributed by atoms with van der Waals surface area (Å²) < 4.78 is 4.90. The molecular weight excluding hydrogens is 364 g/mol. The predicted octanol–water partition coefficient (Wildman–Crippen LogP) is 0.826. The number of ether oxygens (including phenoxy) is 1. The molecule has 0 spiro atoms. The monoisotopic (exact) mass is 384 g/mol. The number of benzene rings is 1. The summed E-state index contributed by atoms with van der Waals surface area (Å²) in [4.78, 5) is 61.9. The van der Waals surface area contributed by atoms with Crippen molar-refractivity contribution in [2.75, 3.05) is 6.61 Å². The third-order valence-corrected chi connectivity index (χ3v) is 4.90. The highest BCUT2D eigenvalue weighted by Gasteiger charge is 2.50. The second kappa shape index (κ2) is 8.16. The van der Waals surface area contributed by atoms with Gasteiger partial charge in [-0.3, -0.25) is 29.4 Å². The van der Waals surface area contributed by atoms with Gasteiger partial charge in [-0.1, -0.05) is 30.4 Å². The summed E-state index contributed by atoms with van der Waals surface area (Å²) in [5.74, 6) is -3.97. The summed E-state index contributed by atoms with van der Waals surface area (Å²) in [6, 6.07) is 6.97. The Morgan fingerprint density at radius 1 is 1.07 bits per heavy atom. The van der Waals surface area contributed by atoms with Crippen molar-refractivity contribution in [3.63, 3.8) is 0 Å². The lowest BCUT2D eigenvalue weighted by Gasteiger charge is -2.21. The molecule has 1 aliphatic carbocycles. The van der Waals surface area contributed by atoms with E-state index in [2.05, 4.69) is 5.32 Å². The number of rotatable bonds is 5. The third-order valence-electron chi connectivity index (χ3n) is 4.90. The van der Waals surface area contributed by atoms with E-state index in [9.17, 15) is 24.0 Å². The minimum absolute atomic E-state index is 0.292. The molecule has 0 aromatic heterocycles. The minimum Gasteiger partial charge on any atom is -0.454 e. The van der Waals surface area contributed by atoms with Crippen molar-refractivity contribution in [1.82, 2.24) is 10.2 Å². The molecule has 1 fully saturated rings. The van der Waals surface area contributed by atoms with Crippen molar-refractivity contribution in [3.05, 3.63) is 48.0 Å². The normalized spacial score (nSPS) is 21.8. The summed E-state index contributed by atoms with van der Waals surface area (Å²) >= 11 is 0. The summed E-state index contributed by atoms with van der Waals surface area (Å²) in [5.41, 5.74) is 0.292. The number of nitrogens with zero attached hydrogens (tertiary/aromatic N) is 1. The van der Waals surface area contributed by atoms with E-state index in [-0.39, 0.29) is 0 Å². The van der Waals surface area contributed by atoms with E-state index in [0.717, 1.165) is 4.90 Å². The van der Waals surface area contributed by atoms with Gasteiger partial charge in [0.25, 0.3) is 11.8 Å². The van der Waals surface area contributed by atoms with Crippen molar-refractivity contribution in [3.8, 4) is 0 Å². The number of imide groups is 2. The van der Waals surface area contributed by atoms with Crippen molar-refractivity contribution in [1.29, 1.82) is 0 Å². The van der Waals surface area contributed by atoms with Crippen molar-refractivity contribution in [2.24, 2.45) is 11.8 Å². The molecule has 1 saturated heterocycles. The van der Waals surface area contributed by atoms with Crippen LogP contribution >= 0.6 is 0 Å². The Morgan fingerprint density at radius 2 is 1.64 bits per heavy atom. The van der Waals surface area contributed by atoms with Gasteiger partial charge < -0.3 is 4.74 Å². The van der Waals surface area contributed by atoms with E-state index in [1.165, 1.54) is 19.1 Å². The van der Waals surface area contributed by atoms with Gasteiger partial charge in [0.15, 0.2) is 6.61 Å². The van der Waals surface area contributed by atoms with Gasteiger partial charge >= 0.3 is 5.97 Å². The number of hydrogen-bond donors (Lipinski definition) is 1. The number of allylic oxidation sites excluding steroid dienone is 2. The highest BCUT2D eigenvalue weighted by atomic mass is 16.5. The van der Waals surface area contributed by atoms with Gasteiger partial charge in [0.2, 0.25) is 11.8 Å². The predicted molar refractivity (Wildman–Crippen MR) is 96.5 cm³/mol. The average molecular weight is 384 g/mol. The molecule has 146 valence electrons. The smallest absolute Gasteiger partial charge is 0.329 e. The molecule has 1 N–H and O–H groups in total.